The van der Waals surface area contributed by atoms with Crippen LogP contribution in [0.4, 0.5) is 0 Å². The van der Waals surface area contributed by atoms with Crippen LogP contribution in [0.15, 0.2) is 24.8 Å². The zero-order chi connectivity index (χ0) is 13.2. The maximum Gasteiger partial charge on any atom is 0.0524 e. The summed E-state index contributed by atoms with van der Waals surface area (Å²) in [4.78, 5) is 0. The van der Waals surface area contributed by atoms with Gasteiger partial charge in [-0.15, -0.1) is 0 Å². The predicted octanol–water partition coefficient (Wildman–Crippen LogP) is 3.00. The highest BCUT2D eigenvalue weighted by Crippen LogP contribution is 2.31. The Morgan fingerprint density at radius 1 is 1.39 bits per heavy atom. The van der Waals surface area contributed by atoms with Crippen LogP contribution in [0.25, 0.3) is 0 Å². The van der Waals surface area contributed by atoms with Gasteiger partial charge < -0.3 is 0 Å². The van der Waals surface area contributed by atoms with E-state index in [4.69, 9.17) is 0 Å². The molecular weight excluding hydrogens is 224 g/mol. The zero-order valence-electron chi connectivity index (χ0n) is 11.6. The summed E-state index contributed by atoms with van der Waals surface area (Å²) in [5, 5.41) is 11.2. The fourth-order valence-corrected chi connectivity index (χ4v) is 2.20. The van der Waals surface area contributed by atoms with Crippen molar-refractivity contribution >= 4 is 0 Å². The number of nitrogens with one attached hydrogen (secondary N) is 1. The van der Waals surface area contributed by atoms with Crippen LogP contribution >= 0.6 is 0 Å². The van der Waals surface area contributed by atoms with Crippen molar-refractivity contribution in [1.82, 2.24) is 20.0 Å². The van der Waals surface area contributed by atoms with Crippen LogP contribution in [0.2, 0.25) is 0 Å². The first kappa shape index (κ1) is 12.9. The molecule has 0 radical (unpaired) electrons. The molecule has 1 unspecified atom stereocenters. The fraction of sp³-hybridized carbons (Fsp3) is 0.571. The third kappa shape index (κ3) is 2.81. The number of aromatic amines is 1. The molecule has 0 aliphatic rings. The van der Waals surface area contributed by atoms with Crippen LogP contribution in [-0.4, -0.2) is 20.0 Å². The molecule has 2 aromatic rings. The summed E-state index contributed by atoms with van der Waals surface area (Å²) in [5.41, 5.74) is 2.77. The molecule has 0 aliphatic carbocycles. The SMILES string of the molecule is CC(CCC(C)(C)c1cn[nH]c1)c1cnn(C)c1. The van der Waals surface area contributed by atoms with E-state index in [1.807, 2.05) is 30.3 Å². The molecule has 4 nitrogen and oxygen atoms in total. The van der Waals surface area contributed by atoms with E-state index >= 15 is 0 Å². The van der Waals surface area contributed by atoms with E-state index in [0.717, 1.165) is 12.8 Å². The maximum atomic E-state index is 4.23. The molecular formula is C14H22N4. The van der Waals surface area contributed by atoms with Crippen molar-refractivity contribution in [3.8, 4) is 0 Å². The van der Waals surface area contributed by atoms with E-state index < -0.39 is 0 Å². The largest absolute Gasteiger partial charge is 0.285 e. The van der Waals surface area contributed by atoms with Crippen LogP contribution in [0.1, 0.15) is 50.7 Å². The Balaban J connectivity index is 1.95. The van der Waals surface area contributed by atoms with Crippen molar-refractivity contribution in [3.63, 3.8) is 0 Å². The average Bonchev–Trinajstić information content (AvgIpc) is 2.96. The lowest BCUT2D eigenvalue weighted by Gasteiger charge is -2.24. The first-order valence-electron chi connectivity index (χ1n) is 6.47. The Labute approximate surface area is 108 Å². The molecule has 2 aromatic heterocycles. The summed E-state index contributed by atoms with van der Waals surface area (Å²) in [6.07, 6.45) is 10.3. The quantitative estimate of drug-likeness (QED) is 0.881. The average molecular weight is 246 g/mol. The second-order valence-corrected chi connectivity index (χ2v) is 5.76. The molecule has 1 N–H and O–H groups in total. The summed E-state index contributed by atoms with van der Waals surface area (Å²) in [5.74, 6) is 0.546. The molecule has 2 heterocycles. The van der Waals surface area contributed by atoms with Crippen LogP contribution in [0.5, 0.6) is 0 Å². The van der Waals surface area contributed by atoms with Gasteiger partial charge in [0.15, 0.2) is 0 Å². The lowest BCUT2D eigenvalue weighted by molar-refractivity contribution is 0.439. The minimum atomic E-state index is 0.170. The summed E-state index contributed by atoms with van der Waals surface area (Å²) in [7, 11) is 1.96. The van der Waals surface area contributed by atoms with Gasteiger partial charge >= 0.3 is 0 Å². The van der Waals surface area contributed by atoms with Gasteiger partial charge in [-0.2, -0.15) is 10.2 Å². The van der Waals surface area contributed by atoms with Gasteiger partial charge in [0, 0.05) is 19.4 Å². The van der Waals surface area contributed by atoms with Gasteiger partial charge in [-0.3, -0.25) is 9.78 Å². The summed E-state index contributed by atoms with van der Waals surface area (Å²) in [6.45, 7) is 6.81. The van der Waals surface area contributed by atoms with Crippen molar-refractivity contribution in [2.24, 2.45) is 7.05 Å². The van der Waals surface area contributed by atoms with Gasteiger partial charge in [-0.05, 0) is 35.3 Å². The van der Waals surface area contributed by atoms with Gasteiger partial charge in [-0.1, -0.05) is 20.8 Å². The molecule has 0 bridgehead atoms. The number of nitrogens with zero attached hydrogens (tertiary/aromatic N) is 3. The monoisotopic (exact) mass is 246 g/mol. The van der Waals surface area contributed by atoms with Gasteiger partial charge in [0.1, 0.15) is 0 Å². The molecule has 18 heavy (non-hydrogen) atoms. The molecule has 0 aromatic carbocycles. The fourth-order valence-electron chi connectivity index (χ4n) is 2.20. The second-order valence-electron chi connectivity index (χ2n) is 5.76. The van der Waals surface area contributed by atoms with Crippen molar-refractivity contribution in [1.29, 1.82) is 0 Å². The Morgan fingerprint density at radius 2 is 2.17 bits per heavy atom. The van der Waals surface area contributed by atoms with Gasteiger partial charge in [0.25, 0.3) is 0 Å². The van der Waals surface area contributed by atoms with Crippen LogP contribution < -0.4 is 0 Å². The number of H-pyrrole nitrogens is 1. The summed E-state index contributed by atoms with van der Waals surface area (Å²) >= 11 is 0. The van der Waals surface area contributed by atoms with Gasteiger partial charge in [0.05, 0.1) is 12.4 Å². The lowest BCUT2D eigenvalue weighted by atomic mass is 9.80. The van der Waals surface area contributed by atoms with E-state index in [-0.39, 0.29) is 5.41 Å². The van der Waals surface area contributed by atoms with Crippen molar-refractivity contribution < 1.29 is 0 Å². The smallest absolute Gasteiger partial charge is 0.0524 e. The Bertz CT molecular complexity index is 482. The van der Waals surface area contributed by atoms with E-state index in [2.05, 4.69) is 42.3 Å². The van der Waals surface area contributed by atoms with Crippen molar-refractivity contribution in [2.75, 3.05) is 0 Å². The number of hydrogen-bond acceptors (Lipinski definition) is 2. The number of aryl methyl sites for hydroxylation is 1. The highest BCUT2D eigenvalue weighted by Gasteiger charge is 2.22. The standard InChI is InChI=1S/C14H22N4/c1-11(12-7-17-18(4)10-12)5-6-14(2,3)13-8-15-16-9-13/h7-11H,5-6H2,1-4H3,(H,15,16). The van der Waals surface area contributed by atoms with E-state index in [1.54, 1.807) is 0 Å². The van der Waals surface area contributed by atoms with E-state index in [1.165, 1.54) is 11.1 Å². The molecule has 0 aliphatic heterocycles. The number of aromatic nitrogens is 4. The van der Waals surface area contributed by atoms with Crippen LogP contribution in [0.3, 0.4) is 0 Å². The van der Waals surface area contributed by atoms with Crippen LogP contribution in [-0.2, 0) is 12.5 Å². The molecule has 0 spiro atoms. The first-order chi connectivity index (χ1) is 8.49. The topological polar surface area (TPSA) is 46.5 Å². The minimum absolute atomic E-state index is 0.170. The summed E-state index contributed by atoms with van der Waals surface area (Å²) in [6, 6.07) is 0. The third-order valence-corrected chi connectivity index (χ3v) is 3.78. The third-order valence-electron chi connectivity index (χ3n) is 3.78. The maximum absolute atomic E-state index is 4.23. The van der Waals surface area contributed by atoms with Crippen molar-refractivity contribution in [3.05, 3.63) is 35.9 Å². The second kappa shape index (κ2) is 4.96. The molecule has 0 fully saturated rings. The normalized spacial score (nSPS) is 13.8. The Morgan fingerprint density at radius 3 is 2.72 bits per heavy atom. The molecule has 0 saturated carbocycles. The molecule has 98 valence electrons. The molecule has 1 atom stereocenters. The predicted molar refractivity (Wildman–Crippen MR) is 72.5 cm³/mol. The molecule has 0 amide bonds. The number of hydrogen-bond donors (Lipinski definition) is 1. The lowest BCUT2D eigenvalue weighted by Crippen LogP contribution is -2.17. The zero-order valence-corrected chi connectivity index (χ0v) is 11.6. The highest BCUT2D eigenvalue weighted by atomic mass is 15.2. The Hall–Kier alpha value is -1.58. The molecule has 0 saturated heterocycles. The van der Waals surface area contributed by atoms with Gasteiger partial charge in [0.2, 0.25) is 0 Å². The Kier molecular flexibility index (Phi) is 3.55. The molecule has 2 rings (SSSR count). The van der Waals surface area contributed by atoms with Crippen molar-refractivity contribution in [2.45, 2.75) is 44.9 Å². The molecule has 4 heteroatoms. The first-order valence-corrected chi connectivity index (χ1v) is 6.47. The van der Waals surface area contributed by atoms with Gasteiger partial charge in [-0.25, -0.2) is 0 Å². The van der Waals surface area contributed by atoms with E-state index in [0.29, 0.717) is 5.92 Å². The minimum Gasteiger partial charge on any atom is -0.285 e. The number of rotatable bonds is 5. The highest BCUT2D eigenvalue weighted by molar-refractivity contribution is 5.17. The van der Waals surface area contributed by atoms with Crippen LogP contribution in [0, 0.1) is 0 Å². The van der Waals surface area contributed by atoms with E-state index in [9.17, 15) is 0 Å². The summed E-state index contributed by atoms with van der Waals surface area (Å²) < 4.78 is 1.87.